The maximum absolute atomic E-state index is 4.57. The molecule has 1 N–H and O–H groups in total. The molecular formula is C12H16N2S. The molecule has 1 aliphatic rings. The quantitative estimate of drug-likeness (QED) is 0.785. The summed E-state index contributed by atoms with van der Waals surface area (Å²) in [5.74, 6) is 1.17. The number of amidine groups is 1. The van der Waals surface area contributed by atoms with E-state index in [1.54, 1.807) is 11.8 Å². The maximum Gasteiger partial charge on any atom is 0.161 e. The second-order valence-corrected chi connectivity index (χ2v) is 5.00. The molecule has 0 bridgehead atoms. The highest BCUT2D eigenvalue weighted by atomic mass is 32.2. The molecule has 1 aromatic rings. The van der Waals surface area contributed by atoms with Crippen LogP contribution in [0.2, 0.25) is 0 Å². The van der Waals surface area contributed by atoms with Crippen molar-refractivity contribution in [2.45, 2.75) is 26.3 Å². The van der Waals surface area contributed by atoms with Crippen LogP contribution in [0.1, 0.15) is 18.9 Å². The number of nitrogens with zero attached hydrogens (tertiary/aromatic N) is 1. The predicted molar refractivity (Wildman–Crippen MR) is 68.8 cm³/mol. The van der Waals surface area contributed by atoms with Gasteiger partial charge in [0, 0.05) is 11.4 Å². The summed E-state index contributed by atoms with van der Waals surface area (Å²) in [4.78, 5) is 4.57. The van der Waals surface area contributed by atoms with Crippen molar-refractivity contribution in [1.82, 2.24) is 0 Å². The lowest BCUT2D eigenvalue weighted by Crippen LogP contribution is -2.17. The number of aliphatic imine (C=N–C) groups is 1. The summed E-state index contributed by atoms with van der Waals surface area (Å²) < 4.78 is 0. The summed E-state index contributed by atoms with van der Waals surface area (Å²) >= 11 is 1.80. The Bertz CT molecular complexity index is 356. The molecule has 0 aromatic heterocycles. The highest BCUT2D eigenvalue weighted by Gasteiger charge is 2.11. The fourth-order valence-electron chi connectivity index (χ4n) is 1.46. The number of hydrogen-bond acceptors (Lipinski definition) is 3. The third kappa shape index (κ3) is 2.99. The number of rotatable bonds is 1. The van der Waals surface area contributed by atoms with E-state index in [1.807, 2.05) is 0 Å². The number of hydrogen-bond donors (Lipinski definition) is 1. The SMILES string of the molecule is Cc1ccc(NC2=NC(C)CCS2)cc1. The Labute approximate surface area is 95.2 Å². The minimum absolute atomic E-state index is 0.458. The van der Waals surface area contributed by atoms with Crippen LogP contribution < -0.4 is 5.32 Å². The fraction of sp³-hybridized carbons (Fsp3) is 0.417. The van der Waals surface area contributed by atoms with Crippen LogP contribution in [0.25, 0.3) is 0 Å². The van der Waals surface area contributed by atoms with E-state index in [0.29, 0.717) is 6.04 Å². The first-order valence-electron chi connectivity index (χ1n) is 5.28. The first-order chi connectivity index (χ1) is 7.24. The van der Waals surface area contributed by atoms with Crippen molar-refractivity contribution >= 4 is 22.6 Å². The van der Waals surface area contributed by atoms with Gasteiger partial charge in [0.1, 0.15) is 0 Å². The summed E-state index contributed by atoms with van der Waals surface area (Å²) in [6.07, 6.45) is 1.18. The van der Waals surface area contributed by atoms with Gasteiger partial charge in [-0.1, -0.05) is 29.5 Å². The summed E-state index contributed by atoms with van der Waals surface area (Å²) in [7, 11) is 0. The van der Waals surface area contributed by atoms with E-state index in [1.165, 1.54) is 17.7 Å². The van der Waals surface area contributed by atoms with Gasteiger partial charge >= 0.3 is 0 Å². The summed E-state index contributed by atoms with van der Waals surface area (Å²) in [5, 5.41) is 4.40. The average Bonchev–Trinajstić information content (AvgIpc) is 2.22. The molecule has 0 fully saturated rings. The topological polar surface area (TPSA) is 24.4 Å². The van der Waals surface area contributed by atoms with E-state index in [4.69, 9.17) is 0 Å². The van der Waals surface area contributed by atoms with Crippen molar-refractivity contribution in [3.8, 4) is 0 Å². The second kappa shape index (κ2) is 4.71. The second-order valence-electron chi connectivity index (χ2n) is 3.91. The Morgan fingerprint density at radius 1 is 1.33 bits per heavy atom. The van der Waals surface area contributed by atoms with Crippen molar-refractivity contribution in [2.75, 3.05) is 11.1 Å². The van der Waals surface area contributed by atoms with Crippen LogP contribution in [0.3, 0.4) is 0 Å². The molecule has 0 amide bonds. The third-order valence-corrected chi connectivity index (χ3v) is 3.34. The third-order valence-electron chi connectivity index (χ3n) is 2.41. The van der Waals surface area contributed by atoms with Gasteiger partial charge in [-0.3, -0.25) is 4.99 Å². The van der Waals surface area contributed by atoms with Crippen molar-refractivity contribution in [2.24, 2.45) is 4.99 Å². The number of benzene rings is 1. The zero-order valence-corrected chi connectivity index (χ0v) is 9.97. The minimum atomic E-state index is 0.458. The molecule has 80 valence electrons. The molecule has 2 nitrogen and oxygen atoms in total. The number of aryl methyl sites for hydroxylation is 1. The van der Waals surface area contributed by atoms with Crippen LogP contribution in [-0.2, 0) is 0 Å². The molecule has 2 rings (SSSR count). The van der Waals surface area contributed by atoms with Crippen LogP contribution in [-0.4, -0.2) is 17.0 Å². The van der Waals surface area contributed by atoms with Gasteiger partial charge in [0.25, 0.3) is 0 Å². The van der Waals surface area contributed by atoms with Crippen LogP contribution in [0.4, 0.5) is 5.69 Å². The highest BCUT2D eigenvalue weighted by Crippen LogP contribution is 2.19. The molecule has 0 radical (unpaired) electrons. The van der Waals surface area contributed by atoms with Crippen molar-refractivity contribution < 1.29 is 0 Å². The molecular weight excluding hydrogens is 204 g/mol. The Morgan fingerprint density at radius 2 is 2.07 bits per heavy atom. The number of nitrogens with one attached hydrogen (secondary N) is 1. The van der Waals surface area contributed by atoms with E-state index >= 15 is 0 Å². The van der Waals surface area contributed by atoms with Crippen LogP contribution >= 0.6 is 11.8 Å². The van der Waals surface area contributed by atoms with Gasteiger partial charge in [-0.25, -0.2) is 0 Å². The van der Waals surface area contributed by atoms with Gasteiger partial charge in [-0.15, -0.1) is 0 Å². The zero-order valence-electron chi connectivity index (χ0n) is 9.16. The van der Waals surface area contributed by atoms with Crippen molar-refractivity contribution in [3.63, 3.8) is 0 Å². The maximum atomic E-state index is 4.57. The fourth-order valence-corrected chi connectivity index (χ4v) is 2.55. The summed E-state index contributed by atoms with van der Waals surface area (Å²) in [5.41, 5.74) is 2.41. The van der Waals surface area contributed by atoms with E-state index in [9.17, 15) is 0 Å². The van der Waals surface area contributed by atoms with Gasteiger partial charge in [-0.2, -0.15) is 0 Å². The van der Waals surface area contributed by atoms with Crippen LogP contribution in [0.5, 0.6) is 0 Å². The van der Waals surface area contributed by atoms with Crippen LogP contribution in [0.15, 0.2) is 29.3 Å². The van der Waals surface area contributed by atoms with E-state index in [0.717, 1.165) is 10.9 Å². The molecule has 0 saturated carbocycles. The zero-order chi connectivity index (χ0) is 10.7. The first kappa shape index (κ1) is 10.6. The average molecular weight is 220 g/mol. The molecule has 1 heterocycles. The molecule has 0 spiro atoms. The monoisotopic (exact) mass is 220 g/mol. The van der Waals surface area contributed by atoms with E-state index in [2.05, 4.69) is 48.4 Å². The molecule has 15 heavy (non-hydrogen) atoms. The molecule has 3 heteroatoms. The lowest BCUT2D eigenvalue weighted by atomic mass is 10.2. The number of thioether (sulfide) groups is 1. The summed E-state index contributed by atoms with van der Waals surface area (Å²) in [6.45, 7) is 4.26. The number of anilines is 1. The molecule has 1 unspecified atom stereocenters. The first-order valence-corrected chi connectivity index (χ1v) is 6.27. The van der Waals surface area contributed by atoms with Crippen molar-refractivity contribution in [1.29, 1.82) is 0 Å². The lowest BCUT2D eigenvalue weighted by molar-refractivity contribution is 0.720. The van der Waals surface area contributed by atoms with Gasteiger partial charge in [0.2, 0.25) is 0 Å². The molecule has 1 aromatic carbocycles. The molecule has 1 atom stereocenters. The van der Waals surface area contributed by atoms with Crippen molar-refractivity contribution in [3.05, 3.63) is 29.8 Å². The van der Waals surface area contributed by atoms with E-state index in [-0.39, 0.29) is 0 Å². The van der Waals surface area contributed by atoms with Gasteiger partial charge in [0.15, 0.2) is 5.17 Å². The van der Waals surface area contributed by atoms with Crippen LogP contribution in [0, 0.1) is 6.92 Å². The molecule has 0 saturated heterocycles. The molecule has 0 aliphatic carbocycles. The van der Waals surface area contributed by atoms with Gasteiger partial charge in [-0.05, 0) is 32.4 Å². The summed E-state index contributed by atoms with van der Waals surface area (Å²) in [6, 6.07) is 8.87. The Kier molecular flexibility index (Phi) is 3.31. The lowest BCUT2D eigenvalue weighted by Gasteiger charge is -2.17. The molecule has 1 aliphatic heterocycles. The normalized spacial score (nSPS) is 20.9. The predicted octanol–water partition coefficient (Wildman–Crippen LogP) is 3.29. The largest absolute Gasteiger partial charge is 0.335 e. The standard InChI is InChI=1S/C12H16N2S/c1-9-3-5-11(6-4-9)14-12-13-10(2)7-8-15-12/h3-6,10H,7-8H2,1-2H3,(H,13,14). The highest BCUT2D eigenvalue weighted by molar-refractivity contribution is 8.14. The minimum Gasteiger partial charge on any atom is -0.335 e. The Balaban J connectivity index is 2.05. The Hall–Kier alpha value is -0.960. The van der Waals surface area contributed by atoms with Gasteiger partial charge in [0.05, 0.1) is 6.04 Å². The smallest absolute Gasteiger partial charge is 0.161 e. The Morgan fingerprint density at radius 3 is 2.73 bits per heavy atom. The van der Waals surface area contributed by atoms with Gasteiger partial charge < -0.3 is 5.32 Å². The van der Waals surface area contributed by atoms with E-state index < -0.39 is 0 Å².